The summed E-state index contributed by atoms with van der Waals surface area (Å²) in [6.07, 6.45) is 10.6. The molecule has 4 rings (SSSR count). The molecule has 160 valence electrons. The van der Waals surface area contributed by atoms with Crippen LogP contribution in [0.2, 0.25) is 0 Å². The predicted octanol–water partition coefficient (Wildman–Crippen LogP) is 5.71. The van der Waals surface area contributed by atoms with Gasteiger partial charge >= 0.3 is 0 Å². The molecule has 0 amide bonds. The van der Waals surface area contributed by atoms with E-state index in [-0.39, 0.29) is 11.8 Å². The van der Waals surface area contributed by atoms with Crippen molar-refractivity contribution in [2.24, 2.45) is 11.8 Å². The summed E-state index contributed by atoms with van der Waals surface area (Å²) in [5.41, 5.74) is 2.31. The topological polar surface area (TPSA) is 54.0 Å². The Morgan fingerprint density at radius 3 is 1.69 bits per heavy atom. The van der Waals surface area contributed by atoms with Gasteiger partial charge in [-0.25, -0.2) is 0 Å². The number of hydrogen-bond acceptors (Lipinski definition) is 5. The van der Waals surface area contributed by atoms with Gasteiger partial charge in [0, 0.05) is 21.5 Å². The summed E-state index contributed by atoms with van der Waals surface area (Å²) in [6, 6.07) is 4.02. The SMILES string of the molecule is CC1(OC2(C)OCC(Br)CC2Cc2ccoc2)OCC(Br)CC1Cc1ccoc1. The van der Waals surface area contributed by atoms with Gasteiger partial charge in [-0.1, -0.05) is 31.9 Å². The van der Waals surface area contributed by atoms with E-state index in [1.807, 2.05) is 12.1 Å². The second kappa shape index (κ2) is 8.87. The van der Waals surface area contributed by atoms with Crippen LogP contribution in [0.25, 0.3) is 0 Å². The Hall–Kier alpha value is -0.600. The third-order valence-electron chi connectivity index (χ3n) is 6.19. The zero-order chi connectivity index (χ0) is 20.5. The van der Waals surface area contributed by atoms with E-state index < -0.39 is 11.6 Å². The van der Waals surface area contributed by atoms with Crippen molar-refractivity contribution in [1.29, 1.82) is 0 Å². The van der Waals surface area contributed by atoms with Gasteiger partial charge in [0.1, 0.15) is 0 Å². The fraction of sp³-hybridized carbons (Fsp3) is 0.636. The molecule has 2 aliphatic heterocycles. The predicted molar refractivity (Wildman–Crippen MR) is 116 cm³/mol. The van der Waals surface area contributed by atoms with Gasteiger partial charge in [-0.2, -0.15) is 0 Å². The Balaban J connectivity index is 1.55. The number of furan rings is 2. The van der Waals surface area contributed by atoms with E-state index >= 15 is 0 Å². The Labute approximate surface area is 188 Å². The summed E-state index contributed by atoms with van der Waals surface area (Å²) in [5, 5.41) is 0. The van der Waals surface area contributed by atoms with Crippen molar-refractivity contribution in [3.05, 3.63) is 48.3 Å². The Morgan fingerprint density at radius 2 is 1.31 bits per heavy atom. The molecule has 2 aromatic rings. The number of halogens is 2. The molecule has 0 bridgehead atoms. The molecule has 29 heavy (non-hydrogen) atoms. The molecule has 0 N–H and O–H groups in total. The molecule has 2 saturated heterocycles. The smallest absolute Gasteiger partial charge is 0.172 e. The van der Waals surface area contributed by atoms with Crippen LogP contribution in [0.15, 0.2) is 46.0 Å². The van der Waals surface area contributed by atoms with Crippen molar-refractivity contribution in [1.82, 2.24) is 0 Å². The standard InChI is InChI=1S/C22H28Br2O5/c1-21(17(9-19(23)13-27-21)7-15-3-5-25-11-15)29-22(2)18(10-20(24)14-28-22)8-16-4-6-26-12-16/h3-6,11-12,17-20H,7-10,13-14H2,1-2H3. The largest absolute Gasteiger partial charge is 0.472 e. The van der Waals surface area contributed by atoms with Crippen molar-refractivity contribution >= 4 is 31.9 Å². The number of ether oxygens (including phenoxy) is 3. The van der Waals surface area contributed by atoms with Gasteiger partial charge in [0.25, 0.3) is 0 Å². The molecule has 0 spiro atoms. The summed E-state index contributed by atoms with van der Waals surface area (Å²) in [6.45, 7) is 5.34. The molecule has 4 heterocycles. The average molecular weight is 532 g/mol. The summed E-state index contributed by atoms with van der Waals surface area (Å²) in [7, 11) is 0. The van der Waals surface area contributed by atoms with Crippen molar-refractivity contribution in [2.75, 3.05) is 13.2 Å². The van der Waals surface area contributed by atoms with Crippen LogP contribution in [0, 0.1) is 11.8 Å². The van der Waals surface area contributed by atoms with E-state index in [4.69, 9.17) is 23.0 Å². The maximum atomic E-state index is 6.78. The van der Waals surface area contributed by atoms with E-state index in [1.54, 1.807) is 25.1 Å². The minimum absolute atomic E-state index is 0.176. The van der Waals surface area contributed by atoms with E-state index in [0.29, 0.717) is 22.9 Å². The Bertz CT molecular complexity index is 700. The third kappa shape index (κ3) is 5.01. The summed E-state index contributed by atoms with van der Waals surface area (Å²) < 4.78 is 29.9. The fourth-order valence-corrected chi connectivity index (χ4v) is 5.65. The molecular weight excluding hydrogens is 504 g/mol. The zero-order valence-corrected chi connectivity index (χ0v) is 20.0. The average Bonchev–Trinajstić information content (AvgIpc) is 3.36. The molecule has 0 aromatic carbocycles. The second-order valence-electron chi connectivity index (χ2n) is 8.49. The molecule has 5 nitrogen and oxygen atoms in total. The van der Waals surface area contributed by atoms with Crippen molar-refractivity contribution in [2.45, 2.75) is 60.8 Å². The molecule has 2 fully saturated rings. The molecule has 6 atom stereocenters. The quantitative estimate of drug-likeness (QED) is 0.447. The summed E-state index contributed by atoms with van der Waals surface area (Å²) in [5.74, 6) is -1.14. The third-order valence-corrected chi connectivity index (χ3v) is 7.47. The van der Waals surface area contributed by atoms with Crippen molar-refractivity contribution in [3.63, 3.8) is 0 Å². The Morgan fingerprint density at radius 1 is 0.862 bits per heavy atom. The lowest BCUT2D eigenvalue weighted by Crippen LogP contribution is -2.58. The molecule has 0 aliphatic carbocycles. The highest BCUT2D eigenvalue weighted by molar-refractivity contribution is 9.09. The van der Waals surface area contributed by atoms with Crippen molar-refractivity contribution < 1.29 is 23.0 Å². The first-order valence-electron chi connectivity index (χ1n) is 10.1. The zero-order valence-electron chi connectivity index (χ0n) is 16.8. The monoisotopic (exact) mass is 530 g/mol. The van der Waals surface area contributed by atoms with Crippen LogP contribution in [0.4, 0.5) is 0 Å². The van der Waals surface area contributed by atoms with Gasteiger partial charge in [0.05, 0.1) is 38.3 Å². The lowest BCUT2D eigenvalue weighted by atomic mass is 9.84. The van der Waals surface area contributed by atoms with Gasteiger partial charge in [0.2, 0.25) is 0 Å². The molecule has 6 unspecified atom stereocenters. The van der Waals surface area contributed by atoms with Crippen LogP contribution in [0.1, 0.15) is 37.8 Å². The molecular formula is C22H28Br2O5. The first kappa shape index (κ1) is 21.6. The maximum absolute atomic E-state index is 6.78. The minimum atomic E-state index is -0.746. The molecule has 0 saturated carbocycles. The van der Waals surface area contributed by atoms with E-state index in [0.717, 1.165) is 36.8 Å². The van der Waals surface area contributed by atoms with E-state index in [9.17, 15) is 0 Å². The minimum Gasteiger partial charge on any atom is -0.472 e. The van der Waals surface area contributed by atoms with E-state index in [1.165, 1.54) is 0 Å². The van der Waals surface area contributed by atoms with E-state index in [2.05, 4.69) is 45.7 Å². The number of hydrogen-bond donors (Lipinski definition) is 0. The van der Waals surface area contributed by atoms with Crippen LogP contribution in [-0.4, -0.2) is 34.4 Å². The fourth-order valence-electron chi connectivity index (χ4n) is 4.48. The first-order valence-corrected chi connectivity index (χ1v) is 12.0. The van der Waals surface area contributed by atoms with Gasteiger partial charge in [0.15, 0.2) is 11.6 Å². The highest BCUT2D eigenvalue weighted by atomic mass is 79.9. The van der Waals surface area contributed by atoms with Crippen LogP contribution < -0.4 is 0 Å². The molecule has 2 aromatic heterocycles. The van der Waals surface area contributed by atoms with Crippen LogP contribution >= 0.6 is 31.9 Å². The van der Waals surface area contributed by atoms with Crippen LogP contribution in [0.3, 0.4) is 0 Å². The first-order chi connectivity index (χ1) is 13.9. The molecule has 2 aliphatic rings. The maximum Gasteiger partial charge on any atom is 0.172 e. The van der Waals surface area contributed by atoms with Gasteiger partial charge < -0.3 is 23.0 Å². The molecule has 0 radical (unpaired) electrons. The lowest BCUT2D eigenvalue weighted by Gasteiger charge is -2.51. The Kier molecular flexibility index (Phi) is 6.61. The van der Waals surface area contributed by atoms with Gasteiger partial charge in [-0.15, -0.1) is 0 Å². The highest BCUT2D eigenvalue weighted by Crippen LogP contribution is 2.45. The lowest BCUT2D eigenvalue weighted by molar-refractivity contribution is -0.392. The van der Waals surface area contributed by atoms with Crippen molar-refractivity contribution in [3.8, 4) is 0 Å². The normalized spacial score (nSPS) is 38.2. The summed E-state index contributed by atoms with van der Waals surface area (Å²) >= 11 is 7.46. The highest BCUT2D eigenvalue weighted by Gasteiger charge is 2.51. The van der Waals surface area contributed by atoms with Gasteiger partial charge in [-0.3, -0.25) is 0 Å². The summed E-state index contributed by atoms with van der Waals surface area (Å²) in [4.78, 5) is 0.620. The number of rotatable bonds is 6. The molecule has 7 heteroatoms. The number of alkyl halides is 2. The van der Waals surface area contributed by atoms with Gasteiger partial charge in [-0.05, 0) is 62.8 Å². The second-order valence-corrected chi connectivity index (χ2v) is 11.1. The van der Waals surface area contributed by atoms with Crippen LogP contribution in [0.5, 0.6) is 0 Å². The van der Waals surface area contributed by atoms with Crippen LogP contribution in [-0.2, 0) is 27.1 Å².